The molecule has 0 unspecified atom stereocenters. The average molecular weight is 313 g/mol. The van der Waals surface area contributed by atoms with Gasteiger partial charge in [-0.1, -0.05) is 12.1 Å². The molecule has 0 fully saturated rings. The molecule has 9 heteroatoms. The molecule has 2 aromatic rings. The Morgan fingerprint density at radius 2 is 2.10 bits per heavy atom. The van der Waals surface area contributed by atoms with Gasteiger partial charge in [-0.05, 0) is 12.1 Å². The van der Waals surface area contributed by atoms with E-state index in [4.69, 9.17) is 5.73 Å². The monoisotopic (exact) mass is 313 g/mol. The van der Waals surface area contributed by atoms with Gasteiger partial charge in [0.15, 0.2) is 9.90 Å². The molecular formula is C11H11N3O4S2. The van der Waals surface area contributed by atoms with Gasteiger partial charge in [0.2, 0.25) is 0 Å². The number of carbonyl (C=O) groups is 1. The van der Waals surface area contributed by atoms with Crippen LogP contribution in [-0.4, -0.2) is 26.5 Å². The van der Waals surface area contributed by atoms with Gasteiger partial charge in [-0.15, -0.1) is 11.3 Å². The van der Waals surface area contributed by atoms with Gasteiger partial charge in [-0.25, -0.2) is 18.2 Å². The predicted molar refractivity (Wildman–Crippen MR) is 75.1 cm³/mol. The lowest BCUT2D eigenvalue weighted by Crippen LogP contribution is -2.16. The van der Waals surface area contributed by atoms with Crippen LogP contribution in [0.25, 0.3) is 0 Å². The number of para-hydroxylation sites is 2. The van der Waals surface area contributed by atoms with E-state index in [-0.39, 0.29) is 21.3 Å². The second-order valence-electron chi connectivity index (χ2n) is 3.67. The van der Waals surface area contributed by atoms with Crippen molar-refractivity contribution in [2.45, 2.75) is 4.21 Å². The van der Waals surface area contributed by atoms with Crippen molar-refractivity contribution in [1.82, 2.24) is 4.98 Å². The number of hydrogen-bond acceptors (Lipinski definition) is 7. The zero-order valence-corrected chi connectivity index (χ0v) is 12.0. The van der Waals surface area contributed by atoms with Crippen LogP contribution in [0.1, 0.15) is 10.5 Å². The predicted octanol–water partition coefficient (Wildman–Crippen LogP) is 1.31. The van der Waals surface area contributed by atoms with Gasteiger partial charge in [-0.2, -0.15) is 0 Å². The lowest BCUT2D eigenvalue weighted by Gasteiger charge is -2.09. The van der Waals surface area contributed by atoms with E-state index < -0.39 is 16.0 Å². The van der Waals surface area contributed by atoms with Crippen LogP contribution >= 0.6 is 11.3 Å². The van der Waals surface area contributed by atoms with Crippen LogP contribution < -0.4 is 10.5 Å². The van der Waals surface area contributed by atoms with Crippen LogP contribution in [0.15, 0.2) is 34.0 Å². The van der Waals surface area contributed by atoms with Crippen molar-refractivity contribution in [2.75, 3.05) is 17.6 Å². The lowest BCUT2D eigenvalue weighted by molar-refractivity contribution is 0.0590. The quantitative estimate of drug-likeness (QED) is 0.650. The van der Waals surface area contributed by atoms with E-state index in [1.54, 1.807) is 18.2 Å². The number of nitrogens with two attached hydrogens (primary N) is 1. The maximum absolute atomic E-state index is 12.3. The molecule has 0 amide bonds. The number of carbonyl (C=O) groups excluding carboxylic acids is 1. The zero-order valence-electron chi connectivity index (χ0n) is 10.4. The molecule has 1 heterocycles. The van der Waals surface area contributed by atoms with Crippen molar-refractivity contribution in [2.24, 2.45) is 0 Å². The molecule has 1 aromatic heterocycles. The van der Waals surface area contributed by atoms with Gasteiger partial charge in [-0.3, -0.25) is 4.72 Å². The van der Waals surface area contributed by atoms with Crippen LogP contribution in [0.5, 0.6) is 0 Å². The van der Waals surface area contributed by atoms with E-state index in [1.165, 1.54) is 11.6 Å². The number of esters is 1. The number of nitrogen functional groups attached to an aromatic ring is 1. The number of sulfonamides is 1. The van der Waals surface area contributed by atoms with Crippen LogP contribution in [0.2, 0.25) is 0 Å². The minimum absolute atomic E-state index is 0.215. The molecule has 0 saturated heterocycles. The molecule has 0 spiro atoms. The fraction of sp³-hybridized carbons (Fsp3) is 0.0909. The van der Waals surface area contributed by atoms with Crippen LogP contribution in [0.4, 0.5) is 11.4 Å². The highest BCUT2D eigenvalue weighted by atomic mass is 32.2. The number of nitrogens with one attached hydrogen (secondary N) is 1. The Kier molecular flexibility index (Phi) is 3.91. The molecule has 0 aliphatic heterocycles. The summed E-state index contributed by atoms with van der Waals surface area (Å²) >= 11 is 0.822. The van der Waals surface area contributed by atoms with E-state index in [9.17, 15) is 13.2 Å². The first kappa shape index (κ1) is 14.3. The molecule has 0 saturated carbocycles. The summed E-state index contributed by atoms with van der Waals surface area (Å²) in [5.74, 6) is -0.812. The molecule has 20 heavy (non-hydrogen) atoms. The number of benzene rings is 1. The molecule has 0 radical (unpaired) electrons. The second kappa shape index (κ2) is 5.47. The van der Waals surface area contributed by atoms with Gasteiger partial charge >= 0.3 is 5.97 Å². The topological polar surface area (TPSA) is 111 Å². The fourth-order valence-electron chi connectivity index (χ4n) is 1.44. The smallest absolute Gasteiger partial charge is 0.358 e. The van der Waals surface area contributed by atoms with E-state index in [2.05, 4.69) is 14.4 Å². The standard InChI is InChI=1S/C11H11N3O4S2/c1-18-10(15)9-11(19-6-13-9)20(16,17)14-8-5-3-2-4-7(8)12/h2-6,14H,12H2,1H3. The third-order valence-corrected chi connectivity index (χ3v) is 5.10. The molecule has 0 bridgehead atoms. The first-order valence-electron chi connectivity index (χ1n) is 5.35. The molecule has 0 atom stereocenters. The number of rotatable bonds is 4. The number of nitrogens with zero attached hydrogens (tertiary/aromatic N) is 1. The van der Waals surface area contributed by atoms with E-state index in [1.807, 2.05) is 0 Å². The maximum atomic E-state index is 12.3. The molecule has 0 aliphatic rings. The molecule has 1 aromatic carbocycles. The van der Waals surface area contributed by atoms with Crippen molar-refractivity contribution in [3.63, 3.8) is 0 Å². The summed E-state index contributed by atoms with van der Waals surface area (Å²) in [7, 11) is -2.80. The van der Waals surface area contributed by atoms with Gasteiger partial charge in [0, 0.05) is 0 Å². The number of thiazole rings is 1. The van der Waals surface area contributed by atoms with Crippen molar-refractivity contribution in [3.8, 4) is 0 Å². The van der Waals surface area contributed by atoms with Gasteiger partial charge in [0.1, 0.15) is 0 Å². The molecule has 106 valence electrons. The third-order valence-electron chi connectivity index (χ3n) is 2.36. The Bertz CT molecular complexity index is 740. The zero-order chi connectivity index (χ0) is 14.8. The molecule has 2 rings (SSSR count). The van der Waals surface area contributed by atoms with Crippen LogP contribution in [0, 0.1) is 0 Å². The normalized spacial score (nSPS) is 11.1. The SMILES string of the molecule is COC(=O)c1ncsc1S(=O)(=O)Nc1ccccc1N. The molecule has 0 aliphatic carbocycles. The van der Waals surface area contributed by atoms with Crippen molar-refractivity contribution < 1.29 is 17.9 Å². The van der Waals surface area contributed by atoms with Gasteiger partial charge in [0.05, 0.1) is 24.0 Å². The van der Waals surface area contributed by atoms with E-state index in [0.717, 1.165) is 18.4 Å². The Hall–Kier alpha value is -2.13. The largest absolute Gasteiger partial charge is 0.464 e. The molecular weight excluding hydrogens is 302 g/mol. The van der Waals surface area contributed by atoms with Crippen molar-refractivity contribution >= 4 is 38.7 Å². The highest BCUT2D eigenvalue weighted by Gasteiger charge is 2.27. The summed E-state index contributed by atoms with van der Waals surface area (Å²) in [6, 6.07) is 6.40. The summed E-state index contributed by atoms with van der Waals surface area (Å²) in [5.41, 5.74) is 7.19. The van der Waals surface area contributed by atoms with Crippen molar-refractivity contribution in [3.05, 3.63) is 35.5 Å². The Balaban J connectivity index is 2.40. The maximum Gasteiger partial charge on any atom is 0.358 e. The minimum atomic E-state index is -3.95. The fourth-order valence-corrected chi connectivity index (χ4v) is 3.66. The number of methoxy groups -OCH3 is 1. The third kappa shape index (κ3) is 2.73. The summed E-state index contributed by atoms with van der Waals surface area (Å²) in [5, 5.41) is 0. The van der Waals surface area contributed by atoms with Gasteiger partial charge in [0.25, 0.3) is 10.0 Å². The van der Waals surface area contributed by atoms with Gasteiger partial charge < -0.3 is 10.5 Å². The summed E-state index contributed by atoms with van der Waals surface area (Å²) < 4.78 is 31.1. The summed E-state index contributed by atoms with van der Waals surface area (Å²) in [4.78, 5) is 15.2. The van der Waals surface area contributed by atoms with E-state index in [0.29, 0.717) is 0 Å². The average Bonchev–Trinajstić information content (AvgIpc) is 2.90. The summed E-state index contributed by atoms with van der Waals surface area (Å²) in [6.45, 7) is 0. The second-order valence-corrected chi connectivity index (χ2v) is 6.41. The first-order valence-corrected chi connectivity index (χ1v) is 7.71. The van der Waals surface area contributed by atoms with E-state index >= 15 is 0 Å². The lowest BCUT2D eigenvalue weighted by atomic mass is 10.3. The molecule has 7 nitrogen and oxygen atoms in total. The summed E-state index contributed by atoms with van der Waals surface area (Å²) in [6.07, 6.45) is 0. The number of hydrogen-bond donors (Lipinski definition) is 2. The molecule has 3 N–H and O–H groups in total. The highest BCUT2D eigenvalue weighted by Crippen LogP contribution is 2.26. The van der Waals surface area contributed by atoms with Crippen molar-refractivity contribution in [1.29, 1.82) is 0 Å². The van der Waals surface area contributed by atoms with Crippen LogP contribution in [-0.2, 0) is 14.8 Å². The minimum Gasteiger partial charge on any atom is -0.464 e. The highest BCUT2D eigenvalue weighted by molar-refractivity contribution is 7.94. The number of anilines is 2. The Morgan fingerprint density at radius 1 is 1.40 bits per heavy atom. The Morgan fingerprint density at radius 3 is 2.75 bits per heavy atom. The first-order chi connectivity index (χ1) is 9.45. The Labute approximate surface area is 119 Å². The van der Waals surface area contributed by atoms with Crippen LogP contribution in [0.3, 0.4) is 0 Å². The number of ether oxygens (including phenoxy) is 1. The number of aromatic nitrogens is 1.